The molecule has 3 aliphatic rings. The average molecular weight is 420 g/mol. The Morgan fingerprint density at radius 2 is 1.58 bits per heavy atom. The molecule has 162 valence electrons. The molecule has 0 spiro atoms. The molecule has 2 fully saturated rings. The molecule has 2 aromatic rings. The Hall–Kier alpha value is -3.02. The Morgan fingerprint density at radius 3 is 2.26 bits per heavy atom. The van der Waals surface area contributed by atoms with E-state index < -0.39 is 6.04 Å². The zero-order chi connectivity index (χ0) is 21.4. The molecule has 2 heterocycles. The van der Waals surface area contributed by atoms with Crippen LogP contribution in [-0.2, 0) is 16.0 Å². The molecular formula is C25H29N3O3. The maximum Gasteiger partial charge on any atom is 0.250 e. The topological polar surface area (TPSA) is 53.1 Å². The molecule has 1 atom stereocenters. The van der Waals surface area contributed by atoms with Crippen molar-refractivity contribution in [2.24, 2.45) is 5.92 Å². The molecule has 5 rings (SSSR count). The number of hydrogen-bond donors (Lipinski definition) is 0. The number of benzene rings is 2. The van der Waals surface area contributed by atoms with Crippen LogP contribution in [-0.4, -0.2) is 61.4 Å². The molecule has 31 heavy (non-hydrogen) atoms. The van der Waals surface area contributed by atoms with E-state index in [0.29, 0.717) is 19.6 Å². The van der Waals surface area contributed by atoms with Crippen molar-refractivity contribution >= 4 is 17.5 Å². The molecular weight excluding hydrogens is 390 g/mol. The molecule has 1 aliphatic carbocycles. The van der Waals surface area contributed by atoms with Gasteiger partial charge in [-0.1, -0.05) is 24.3 Å². The Balaban J connectivity index is 1.32. The maximum absolute atomic E-state index is 13.7. The summed E-state index contributed by atoms with van der Waals surface area (Å²) in [5.41, 5.74) is 3.34. The van der Waals surface area contributed by atoms with E-state index in [0.717, 1.165) is 49.4 Å². The van der Waals surface area contributed by atoms with Crippen molar-refractivity contribution in [3.63, 3.8) is 0 Å². The Kier molecular flexibility index (Phi) is 5.30. The Labute approximate surface area is 183 Å². The predicted octanol–water partition coefficient (Wildman–Crippen LogP) is 2.88. The van der Waals surface area contributed by atoms with Gasteiger partial charge in [0.05, 0.1) is 7.11 Å². The summed E-state index contributed by atoms with van der Waals surface area (Å²) in [4.78, 5) is 32.8. The van der Waals surface area contributed by atoms with Gasteiger partial charge in [0.2, 0.25) is 11.8 Å². The molecule has 0 bridgehead atoms. The van der Waals surface area contributed by atoms with Crippen LogP contribution >= 0.6 is 0 Å². The number of carbonyl (C=O) groups excluding carboxylic acids is 2. The van der Waals surface area contributed by atoms with Gasteiger partial charge >= 0.3 is 0 Å². The number of nitrogens with zero attached hydrogens (tertiary/aromatic N) is 3. The van der Waals surface area contributed by atoms with Crippen molar-refractivity contribution in [2.45, 2.75) is 25.3 Å². The zero-order valence-corrected chi connectivity index (χ0v) is 18.0. The summed E-state index contributed by atoms with van der Waals surface area (Å²) in [5, 5.41) is 0. The average Bonchev–Trinajstić information content (AvgIpc) is 3.68. The van der Waals surface area contributed by atoms with Crippen molar-refractivity contribution in [1.29, 1.82) is 0 Å². The summed E-state index contributed by atoms with van der Waals surface area (Å²) < 4.78 is 5.25. The third kappa shape index (κ3) is 3.87. The summed E-state index contributed by atoms with van der Waals surface area (Å²) in [5.74, 6) is 1.18. The number of fused-ring (bicyclic) bond motifs is 1. The van der Waals surface area contributed by atoms with E-state index in [4.69, 9.17) is 4.74 Å². The predicted molar refractivity (Wildman–Crippen MR) is 119 cm³/mol. The lowest BCUT2D eigenvalue weighted by Crippen LogP contribution is -2.54. The number of rotatable bonds is 4. The van der Waals surface area contributed by atoms with Crippen LogP contribution in [0, 0.1) is 5.92 Å². The first-order valence-corrected chi connectivity index (χ1v) is 11.2. The molecule has 2 amide bonds. The van der Waals surface area contributed by atoms with Gasteiger partial charge in [-0.25, -0.2) is 0 Å². The Morgan fingerprint density at radius 1 is 0.871 bits per heavy atom. The highest BCUT2D eigenvalue weighted by Crippen LogP contribution is 2.38. The van der Waals surface area contributed by atoms with Crippen LogP contribution in [0.2, 0.25) is 0 Å². The number of carbonyl (C=O) groups is 2. The van der Waals surface area contributed by atoms with Crippen LogP contribution in [0.5, 0.6) is 5.75 Å². The number of amides is 2. The van der Waals surface area contributed by atoms with E-state index in [-0.39, 0.29) is 17.7 Å². The van der Waals surface area contributed by atoms with Crippen molar-refractivity contribution in [2.75, 3.05) is 44.7 Å². The number of hydrogen-bond acceptors (Lipinski definition) is 4. The molecule has 2 aromatic carbocycles. The fraction of sp³-hybridized carbons (Fsp3) is 0.440. The third-order valence-corrected chi connectivity index (χ3v) is 6.76. The minimum Gasteiger partial charge on any atom is -0.497 e. The standard InChI is InChI=1S/C25H29N3O3/c1-31-21-10-8-20(9-11-21)26-14-16-27(17-15-26)25(30)23-22-5-3-2-4-18(22)12-13-28(23)24(29)19-6-7-19/h2-5,8-11,19,23H,6-7,12-17H2,1H3/t23-/m1/s1. The van der Waals surface area contributed by atoms with Crippen molar-refractivity contribution < 1.29 is 14.3 Å². The highest BCUT2D eigenvalue weighted by molar-refractivity contribution is 5.91. The van der Waals surface area contributed by atoms with Gasteiger partial charge in [0.1, 0.15) is 11.8 Å². The minimum atomic E-state index is -0.481. The van der Waals surface area contributed by atoms with Crippen molar-refractivity contribution in [3.05, 3.63) is 59.7 Å². The maximum atomic E-state index is 13.7. The highest BCUT2D eigenvalue weighted by Gasteiger charge is 2.43. The minimum absolute atomic E-state index is 0.0653. The van der Waals surface area contributed by atoms with Crippen molar-refractivity contribution in [1.82, 2.24) is 9.80 Å². The molecule has 0 unspecified atom stereocenters. The first-order chi connectivity index (χ1) is 15.2. The summed E-state index contributed by atoms with van der Waals surface area (Å²) in [6.07, 6.45) is 2.74. The number of methoxy groups -OCH3 is 1. The van der Waals surface area contributed by atoms with Gasteiger partial charge in [0.25, 0.3) is 0 Å². The molecule has 6 nitrogen and oxygen atoms in total. The van der Waals surface area contributed by atoms with Gasteiger partial charge in [-0.05, 0) is 54.7 Å². The second-order valence-corrected chi connectivity index (χ2v) is 8.67. The van der Waals surface area contributed by atoms with E-state index >= 15 is 0 Å². The second-order valence-electron chi connectivity index (χ2n) is 8.67. The number of piperazine rings is 1. The summed E-state index contributed by atoms with van der Waals surface area (Å²) >= 11 is 0. The lowest BCUT2D eigenvalue weighted by atomic mass is 9.91. The van der Waals surface area contributed by atoms with E-state index in [1.807, 2.05) is 40.1 Å². The van der Waals surface area contributed by atoms with Crippen LogP contribution in [0.1, 0.15) is 30.0 Å². The van der Waals surface area contributed by atoms with E-state index in [1.54, 1.807) is 7.11 Å². The zero-order valence-electron chi connectivity index (χ0n) is 18.0. The molecule has 0 radical (unpaired) electrons. The number of ether oxygens (including phenoxy) is 1. The van der Waals surface area contributed by atoms with E-state index in [2.05, 4.69) is 23.1 Å². The van der Waals surface area contributed by atoms with Crippen molar-refractivity contribution in [3.8, 4) is 5.75 Å². The van der Waals surface area contributed by atoms with Gasteiger partial charge < -0.3 is 19.4 Å². The van der Waals surface area contributed by atoms with Crippen LogP contribution in [0.15, 0.2) is 48.5 Å². The van der Waals surface area contributed by atoms with Gasteiger partial charge in [-0.2, -0.15) is 0 Å². The Bertz CT molecular complexity index is 962. The lowest BCUT2D eigenvalue weighted by Gasteiger charge is -2.42. The van der Waals surface area contributed by atoms with Gasteiger partial charge in [-0.3, -0.25) is 9.59 Å². The summed E-state index contributed by atoms with van der Waals surface area (Å²) in [6.45, 7) is 3.52. The van der Waals surface area contributed by atoms with E-state index in [1.165, 1.54) is 5.56 Å². The fourth-order valence-corrected chi connectivity index (χ4v) is 4.79. The summed E-state index contributed by atoms with van der Waals surface area (Å²) in [7, 11) is 1.67. The number of anilines is 1. The molecule has 6 heteroatoms. The molecule has 1 saturated heterocycles. The molecule has 2 aliphatic heterocycles. The smallest absolute Gasteiger partial charge is 0.250 e. The van der Waals surface area contributed by atoms with Gasteiger partial charge in [0, 0.05) is 44.3 Å². The van der Waals surface area contributed by atoms with Crippen LogP contribution in [0.4, 0.5) is 5.69 Å². The SMILES string of the molecule is COc1ccc(N2CCN(C(=O)[C@H]3c4ccccc4CCN3C(=O)C3CC3)CC2)cc1. The van der Waals surface area contributed by atoms with Crippen LogP contribution in [0.25, 0.3) is 0 Å². The second kappa shape index (κ2) is 8.25. The first-order valence-electron chi connectivity index (χ1n) is 11.2. The fourth-order valence-electron chi connectivity index (χ4n) is 4.79. The summed E-state index contributed by atoms with van der Waals surface area (Å²) in [6, 6.07) is 15.7. The monoisotopic (exact) mass is 419 g/mol. The van der Waals surface area contributed by atoms with E-state index in [9.17, 15) is 9.59 Å². The first kappa shape index (κ1) is 19.9. The lowest BCUT2D eigenvalue weighted by molar-refractivity contribution is -0.147. The quantitative estimate of drug-likeness (QED) is 0.765. The third-order valence-electron chi connectivity index (χ3n) is 6.76. The largest absolute Gasteiger partial charge is 0.497 e. The molecule has 1 saturated carbocycles. The molecule has 0 aromatic heterocycles. The van der Waals surface area contributed by atoms with Crippen LogP contribution in [0.3, 0.4) is 0 Å². The molecule has 0 N–H and O–H groups in total. The van der Waals surface area contributed by atoms with Gasteiger partial charge in [-0.15, -0.1) is 0 Å². The normalized spacial score (nSPS) is 20.9. The van der Waals surface area contributed by atoms with Crippen LogP contribution < -0.4 is 9.64 Å². The highest BCUT2D eigenvalue weighted by atomic mass is 16.5. The van der Waals surface area contributed by atoms with Gasteiger partial charge in [0.15, 0.2) is 0 Å².